The van der Waals surface area contributed by atoms with E-state index >= 15 is 0 Å². The van der Waals surface area contributed by atoms with E-state index in [-0.39, 0.29) is 5.41 Å². The van der Waals surface area contributed by atoms with Crippen LogP contribution in [-0.4, -0.2) is 34.1 Å². The van der Waals surface area contributed by atoms with Gasteiger partial charge in [0.2, 0.25) is 0 Å². The Morgan fingerprint density at radius 2 is 2.18 bits per heavy atom. The lowest BCUT2D eigenvalue weighted by Gasteiger charge is -2.32. The summed E-state index contributed by atoms with van der Waals surface area (Å²) in [6.45, 7) is 8.95. The molecule has 4 heteroatoms. The number of imidazole rings is 1. The van der Waals surface area contributed by atoms with E-state index in [9.17, 15) is 0 Å². The highest BCUT2D eigenvalue weighted by atomic mass is 32.2. The predicted molar refractivity (Wildman–Crippen MR) is 76.5 cm³/mol. The maximum Gasteiger partial charge on any atom is 0.0946 e. The summed E-state index contributed by atoms with van der Waals surface area (Å²) >= 11 is 1.91. The fourth-order valence-corrected chi connectivity index (χ4v) is 2.18. The third-order valence-corrected chi connectivity index (χ3v) is 3.61. The van der Waals surface area contributed by atoms with Crippen LogP contribution in [0.4, 0.5) is 0 Å². The van der Waals surface area contributed by atoms with E-state index in [1.165, 1.54) is 12.2 Å². The van der Waals surface area contributed by atoms with Crippen LogP contribution in [0.3, 0.4) is 0 Å². The Labute approximate surface area is 109 Å². The lowest BCUT2D eigenvalue weighted by Crippen LogP contribution is -2.43. The Kier molecular flexibility index (Phi) is 6.06. The number of nitrogens with zero attached hydrogens (tertiary/aromatic N) is 2. The van der Waals surface area contributed by atoms with E-state index in [0.717, 1.165) is 13.1 Å². The first-order valence-corrected chi connectivity index (χ1v) is 7.61. The number of hydrogen-bond donors (Lipinski definition) is 1. The molecule has 0 bridgehead atoms. The maximum atomic E-state index is 4.10. The smallest absolute Gasteiger partial charge is 0.0946 e. The summed E-state index contributed by atoms with van der Waals surface area (Å²) in [5.41, 5.74) is 0.267. The fourth-order valence-electron chi connectivity index (χ4n) is 1.74. The third kappa shape index (κ3) is 5.59. The van der Waals surface area contributed by atoms with Crippen molar-refractivity contribution in [2.45, 2.75) is 39.8 Å². The van der Waals surface area contributed by atoms with Gasteiger partial charge < -0.3 is 9.88 Å². The Morgan fingerprint density at radius 3 is 2.71 bits per heavy atom. The van der Waals surface area contributed by atoms with Crippen LogP contribution in [-0.2, 0) is 6.54 Å². The molecule has 1 rings (SSSR count). The summed E-state index contributed by atoms with van der Waals surface area (Å²) in [4.78, 5) is 4.10. The van der Waals surface area contributed by atoms with E-state index in [0.29, 0.717) is 6.04 Å². The Bertz CT molecular complexity index is 290. The average molecular weight is 255 g/mol. The van der Waals surface area contributed by atoms with Crippen molar-refractivity contribution < 1.29 is 0 Å². The van der Waals surface area contributed by atoms with Crippen molar-refractivity contribution in [3.8, 4) is 0 Å². The van der Waals surface area contributed by atoms with Gasteiger partial charge in [-0.05, 0) is 30.4 Å². The number of aromatic nitrogens is 2. The van der Waals surface area contributed by atoms with Crippen LogP contribution < -0.4 is 5.32 Å². The highest BCUT2D eigenvalue weighted by Crippen LogP contribution is 2.20. The van der Waals surface area contributed by atoms with Crippen LogP contribution in [0.5, 0.6) is 0 Å². The fraction of sp³-hybridized carbons (Fsp3) is 0.769. The summed E-state index contributed by atoms with van der Waals surface area (Å²) in [6, 6.07) is 0.485. The van der Waals surface area contributed by atoms with Gasteiger partial charge >= 0.3 is 0 Å². The van der Waals surface area contributed by atoms with Crippen molar-refractivity contribution in [1.82, 2.24) is 14.9 Å². The number of nitrogens with one attached hydrogen (secondary N) is 1. The monoisotopic (exact) mass is 255 g/mol. The minimum absolute atomic E-state index is 0.267. The molecular formula is C13H25N3S. The molecular weight excluding hydrogens is 230 g/mol. The summed E-state index contributed by atoms with van der Waals surface area (Å²) in [7, 11) is 0. The van der Waals surface area contributed by atoms with Gasteiger partial charge in [-0.25, -0.2) is 4.98 Å². The average Bonchev–Trinajstić information content (AvgIpc) is 2.73. The summed E-state index contributed by atoms with van der Waals surface area (Å²) in [6.07, 6.45) is 9.16. The molecule has 1 aromatic rings. The zero-order valence-corrected chi connectivity index (χ0v) is 12.3. The molecule has 0 saturated carbocycles. The zero-order chi connectivity index (χ0) is 12.7. The zero-order valence-electron chi connectivity index (χ0n) is 11.4. The lowest BCUT2D eigenvalue weighted by molar-refractivity contribution is 0.242. The van der Waals surface area contributed by atoms with Crippen molar-refractivity contribution in [1.29, 1.82) is 0 Å². The Morgan fingerprint density at radius 1 is 1.41 bits per heavy atom. The van der Waals surface area contributed by atoms with Gasteiger partial charge in [0.05, 0.1) is 6.33 Å². The topological polar surface area (TPSA) is 29.9 Å². The van der Waals surface area contributed by atoms with E-state index in [4.69, 9.17) is 0 Å². The largest absolute Gasteiger partial charge is 0.336 e. The molecule has 1 aromatic heterocycles. The Balaban J connectivity index is 2.44. The molecule has 0 aliphatic carbocycles. The van der Waals surface area contributed by atoms with Crippen LogP contribution in [0.1, 0.15) is 27.2 Å². The van der Waals surface area contributed by atoms with E-state index in [1.54, 1.807) is 0 Å². The summed E-state index contributed by atoms with van der Waals surface area (Å²) in [5.74, 6) is 1.23. The molecule has 17 heavy (non-hydrogen) atoms. The van der Waals surface area contributed by atoms with Crippen molar-refractivity contribution >= 4 is 11.8 Å². The van der Waals surface area contributed by atoms with Crippen LogP contribution in [0.25, 0.3) is 0 Å². The first-order chi connectivity index (χ1) is 8.04. The third-order valence-electron chi connectivity index (χ3n) is 2.91. The second-order valence-corrected chi connectivity index (χ2v) is 6.46. The van der Waals surface area contributed by atoms with Crippen LogP contribution in [0.2, 0.25) is 0 Å². The molecule has 0 radical (unpaired) electrons. The van der Waals surface area contributed by atoms with Gasteiger partial charge in [0.25, 0.3) is 0 Å². The van der Waals surface area contributed by atoms with Gasteiger partial charge in [0.15, 0.2) is 0 Å². The predicted octanol–water partition coefficient (Wildman–Crippen LogP) is 2.64. The van der Waals surface area contributed by atoms with Gasteiger partial charge in [0.1, 0.15) is 0 Å². The number of rotatable bonds is 7. The van der Waals surface area contributed by atoms with E-state index in [1.807, 2.05) is 30.5 Å². The van der Waals surface area contributed by atoms with Gasteiger partial charge in [-0.15, -0.1) is 0 Å². The van der Waals surface area contributed by atoms with Gasteiger partial charge in [-0.1, -0.05) is 20.8 Å². The van der Waals surface area contributed by atoms with Gasteiger partial charge in [-0.3, -0.25) is 0 Å². The second-order valence-electron chi connectivity index (χ2n) is 5.48. The molecule has 0 saturated heterocycles. The van der Waals surface area contributed by atoms with Crippen molar-refractivity contribution in [2.75, 3.05) is 18.6 Å². The van der Waals surface area contributed by atoms with Crippen LogP contribution in [0.15, 0.2) is 18.7 Å². The minimum atomic E-state index is 0.267. The highest BCUT2D eigenvalue weighted by molar-refractivity contribution is 7.98. The minimum Gasteiger partial charge on any atom is -0.336 e. The molecule has 0 aliphatic heterocycles. The first-order valence-electron chi connectivity index (χ1n) is 6.22. The standard InChI is InChI=1S/C13H25N3S/c1-13(2,3)12(15-6-5-9-17-4)10-16-8-7-14-11-16/h7-8,11-12,15H,5-6,9-10H2,1-4H3. The number of thioether (sulfide) groups is 1. The van der Waals surface area contributed by atoms with Crippen LogP contribution >= 0.6 is 11.8 Å². The first kappa shape index (κ1) is 14.6. The molecule has 1 unspecified atom stereocenters. The van der Waals surface area contributed by atoms with E-state index in [2.05, 4.69) is 41.9 Å². The van der Waals surface area contributed by atoms with Crippen molar-refractivity contribution in [3.05, 3.63) is 18.7 Å². The molecule has 3 nitrogen and oxygen atoms in total. The van der Waals surface area contributed by atoms with Gasteiger partial charge in [0, 0.05) is 25.0 Å². The van der Waals surface area contributed by atoms with Gasteiger partial charge in [-0.2, -0.15) is 11.8 Å². The summed E-state index contributed by atoms with van der Waals surface area (Å²) < 4.78 is 2.15. The molecule has 98 valence electrons. The molecule has 0 aromatic carbocycles. The quantitative estimate of drug-likeness (QED) is 0.760. The molecule has 0 amide bonds. The number of hydrogen-bond acceptors (Lipinski definition) is 3. The normalized spacial score (nSPS) is 13.9. The van der Waals surface area contributed by atoms with Crippen LogP contribution in [0, 0.1) is 5.41 Å². The van der Waals surface area contributed by atoms with E-state index < -0.39 is 0 Å². The molecule has 1 heterocycles. The SMILES string of the molecule is CSCCCNC(Cn1ccnc1)C(C)(C)C. The second kappa shape index (κ2) is 7.07. The molecule has 0 aliphatic rings. The lowest BCUT2D eigenvalue weighted by atomic mass is 9.86. The molecule has 1 atom stereocenters. The molecule has 0 spiro atoms. The molecule has 0 fully saturated rings. The maximum absolute atomic E-state index is 4.10. The highest BCUT2D eigenvalue weighted by Gasteiger charge is 2.23. The summed E-state index contributed by atoms with van der Waals surface area (Å²) in [5, 5.41) is 3.67. The molecule has 1 N–H and O–H groups in total. The van der Waals surface area contributed by atoms with Crippen molar-refractivity contribution in [2.24, 2.45) is 5.41 Å². The Hall–Kier alpha value is -0.480. The van der Waals surface area contributed by atoms with Crippen molar-refractivity contribution in [3.63, 3.8) is 0 Å².